The minimum absolute atomic E-state index is 0.273. The zero-order chi connectivity index (χ0) is 11.9. The zero-order valence-electron chi connectivity index (χ0n) is 11.0. The van der Waals surface area contributed by atoms with Gasteiger partial charge in [0, 0.05) is 37.1 Å². The van der Waals surface area contributed by atoms with E-state index in [1.54, 1.807) is 0 Å². The smallest absolute Gasteiger partial charge is 0.225 e. The summed E-state index contributed by atoms with van der Waals surface area (Å²) in [6.45, 7) is 11.2. The van der Waals surface area contributed by atoms with E-state index in [9.17, 15) is 4.79 Å². The normalized spacial score (nSPS) is 29.4. The van der Waals surface area contributed by atoms with E-state index in [0.29, 0.717) is 18.0 Å². The van der Waals surface area contributed by atoms with Gasteiger partial charge in [-0.05, 0) is 40.5 Å². The van der Waals surface area contributed by atoms with Gasteiger partial charge in [0.25, 0.3) is 0 Å². The predicted octanol–water partition coefficient (Wildman–Crippen LogP) is 1.87. The van der Waals surface area contributed by atoms with E-state index in [1.807, 2.05) is 0 Å². The second-order valence-electron chi connectivity index (χ2n) is 6.24. The van der Waals surface area contributed by atoms with Gasteiger partial charge in [-0.1, -0.05) is 0 Å². The van der Waals surface area contributed by atoms with Crippen molar-refractivity contribution >= 4 is 5.91 Å². The first-order valence-electron chi connectivity index (χ1n) is 6.46. The van der Waals surface area contributed by atoms with Crippen LogP contribution < -0.4 is 0 Å². The molecule has 16 heavy (non-hydrogen) atoms. The molecule has 2 fully saturated rings. The molecule has 0 radical (unpaired) electrons. The molecule has 0 aromatic carbocycles. The Morgan fingerprint density at radius 1 is 1.19 bits per heavy atom. The molecule has 2 rings (SSSR count). The van der Waals surface area contributed by atoms with Crippen LogP contribution in [0.15, 0.2) is 0 Å². The maximum atomic E-state index is 11.5. The number of β-lactam (4-membered cyclic amide) rings is 1. The van der Waals surface area contributed by atoms with Gasteiger partial charge < -0.3 is 4.90 Å². The van der Waals surface area contributed by atoms with Gasteiger partial charge in [0.05, 0.1) is 0 Å². The second-order valence-corrected chi connectivity index (χ2v) is 6.24. The summed E-state index contributed by atoms with van der Waals surface area (Å²) in [6.07, 6.45) is 3.06. The van der Waals surface area contributed by atoms with Crippen LogP contribution >= 0.6 is 0 Å². The largest absolute Gasteiger partial charge is 0.336 e. The maximum absolute atomic E-state index is 11.5. The molecule has 1 unspecified atom stereocenters. The molecule has 2 aliphatic rings. The van der Waals surface area contributed by atoms with E-state index in [1.165, 1.54) is 0 Å². The minimum atomic E-state index is 0.273. The summed E-state index contributed by atoms with van der Waals surface area (Å²) in [5.74, 6) is 0.363. The fourth-order valence-electron chi connectivity index (χ4n) is 2.97. The Balaban J connectivity index is 1.88. The van der Waals surface area contributed by atoms with E-state index in [4.69, 9.17) is 0 Å². The SMILES string of the molecule is CC1CC(=O)N1C1CCN(C(C)(C)C)CC1. The van der Waals surface area contributed by atoms with Crippen LogP contribution in [0.5, 0.6) is 0 Å². The molecule has 0 saturated carbocycles. The summed E-state index contributed by atoms with van der Waals surface area (Å²) in [4.78, 5) is 16.2. The number of piperidine rings is 1. The van der Waals surface area contributed by atoms with Crippen LogP contribution in [-0.4, -0.2) is 46.4 Å². The van der Waals surface area contributed by atoms with Gasteiger partial charge in [-0.2, -0.15) is 0 Å². The Morgan fingerprint density at radius 3 is 2.12 bits per heavy atom. The number of hydrogen-bond acceptors (Lipinski definition) is 2. The van der Waals surface area contributed by atoms with Crippen molar-refractivity contribution in [3.8, 4) is 0 Å². The van der Waals surface area contributed by atoms with Crippen molar-refractivity contribution in [2.75, 3.05) is 13.1 Å². The first-order valence-corrected chi connectivity index (χ1v) is 6.46. The number of carbonyl (C=O) groups excluding carboxylic acids is 1. The molecule has 2 aliphatic heterocycles. The minimum Gasteiger partial charge on any atom is -0.336 e. The summed E-state index contributed by atoms with van der Waals surface area (Å²) in [5, 5.41) is 0. The zero-order valence-corrected chi connectivity index (χ0v) is 11.0. The number of hydrogen-bond donors (Lipinski definition) is 0. The average molecular weight is 224 g/mol. The molecule has 0 aromatic rings. The topological polar surface area (TPSA) is 23.6 Å². The van der Waals surface area contributed by atoms with Crippen LogP contribution in [0.25, 0.3) is 0 Å². The van der Waals surface area contributed by atoms with Crippen molar-refractivity contribution in [3.05, 3.63) is 0 Å². The summed E-state index contributed by atoms with van der Waals surface area (Å²) in [7, 11) is 0. The molecule has 0 aliphatic carbocycles. The molecule has 3 heteroatoms. The lowest BCUT2D eigenvalue weighted by Gasteiger charge is -2.49. The quantitative estimate of drug-likeness (QED) is 0.635. The summed E-state index contributed by atoms with van der Waals surface area (Å²) < 4.78 is 0. The van der Waals surface area contributed by atoms with Crippen molar-refractivity contribution < 1.29 is 4.79 Å². The van der Waals surface area contributed by atoms with Crippen molar-refractivity contribution in [2.24, 2.45) is 0 Å². The molecule has 2 saturated heterocycles. The van der Waals surface area contributed by atoms with Gasteiger partial charge in [-0.3, -0.25) is 9.69 Å². The fraction of sp³-hybridized carbons (Fsp3) is 0.923. The molecule has 3 nitrogen and oxygen atoms in total. The number of rotatable bonds is 1. The van der Waals surface area contributed by atoms with Crippen molar-refractivity contribution in [2.45, 2.75) is 64.6 Å². The third kappa shape index (κ3) is 2.10. The molecule has 1 atom stereocenters. The van der Waals surface area contributed by atoms with Gasteiger partial charge in [0.1, 0.15) is 0 Å². The molecule has 92 valence electrons. The predicted molar refractivity (Wildman–Crippen MR) is 65.3 cm³/mol. The lowest BCUT2D eigenvalue weighted by Crippen LogP contribution is -2.59. The van der Waals surface area contributed by atoms with E-state index in [2.05, 4.69) is 37.5 Å². The number of likely N-dealkylation sites (tertiary alicyclic amines) is 2. The number of carbonyl (C=O) groups is 1. The van der Waals surface area contributed by atoms with Crippen LogP contribution in [0.4, 0.5) is 0 Å². The first kappa shape index (κ1) is 11.9. The number of nitrogens with zero attached hydrogens (tertiary/aromatic N) is 2. The Kier molecular flexibility index (Phi) is 2.99. The van der Waals surface area contributed by atoms with E-state index in [-0.39, 0.29) is 5.54 Å². The Hall–Kier alpha value is -0.570. The van der Waals surface area contributed by atoms with Gasteiger partial charge in [0.15, 0.2) is 0 Å². The monoisotopic (exact) mass is 224 g/mol. The Bertz CT molecular complexity index is 274. The van der Waals surface area contributed by atoms with E-state index >= 15 is 0 Å². The fourth-order valence-corrected chi connectivity index (χ4v) is 2.97. The summed E-state index contributed by atoms with van der Waals surface area (Å²) in [5.41, 5.74) is 0.273. The lowest BCUT2D eigenvalue weighted by atomic mass is 9.92. The molecule has 2 heterocycles. The summed E-state index contributed by atoms with van der Waals surface area (Å²) in [6, 6.07) is 0.994. The number of amides is 1. The Morgan fingerprint density at radius 2 is 1.75 bits per heavy atom. The Labute approximate surface area is 98.8 Å². The molecule has 0 aromatic heterocycles. The van der Waals surface area contributed by atoms with Gasteiger partial charge in [0.2, 0.25) is 5.91 Å². The molecule has 1 amide bonds. The van der Waals surface area contributed by atoms with Crippen LogP contribution in [0.3, 0.4) is 0 Å². The highest BCUT2D eigenvalue weighted by atomic mass is 16.2. The van der Waals surface area contributed by atoms with E-state index in [0.717, 1.165) is 32.4 Å². The third-order valence-electron chi connectivity index (χ3n) is 4.04. The second kappa shape index (κ2) is 4.02. The molecule has 0 bridgehead atoms. The highest BCUT2D eigenvalue weighted by molar-refractivity contribution is 5.83. The van der Waals surface area contributed by atoms with Crippen LogP contribution in [0, 0.1) is 0 Å². The van der Waals surface area contributed by atoms with Gasteiger partial charge >= 0.3 is 0 Å². The van der Waals surface area contributed by atoms with Crippen LogP contribution in [0.1, 0.15) is 47.0 Å². The van der Waals surface area contributed by atoms with Crippen LogP contribution in [-0.2, 0) is 4.79 Å². The average Bonchev–Trinajstić information content (AvgIpc) is 2.16. The highest BCUT2D eigenvalue weighted by Gasteiger charge is 2.39. The van der Waals surface area contributed by atoms with Crippen molar-refractivity contribution in [1.82, 2.24) is 9.80 Å². The van der Waals surface area contributed by atoms with Crippen molar-refractivity contribution in [3.63, 3.8) is 0 Å². The summed E-state index contributed by atoms with van der Waals surface area (Å²) >= 11 is 0. The van der Waals surface area contributed by atoms with E-state index < -0.39 is 0 Å². The molecular weight excluding hydrogens is 200 g/mol. The van der Waals surface area contributed by atoms with Gasteiger partial charge in [-0.15, -0.1) is 0 Å². The maximum Gasteiger partial charge on any atom is 0.225 e. The highest BCUT2D eigenvalue weighted by Crippen LogP contribution is 2.29. The first-order chi connectivity index (χ1) is 7.39. The molecule has 0 spiro atoms. The standard InChI is InChI=1S/C13H24N2O/c1-10-9-12(16)15(10)11-5-7-14(8-6-11)13(2,3)4/h10-11H,5-9H2,1-4H3. The van der Waals surface area contributed by atoms with Crippen LogP contribution in [0.2, 0.25) is 0 Å². The van der Waals surface area contributed by atoms with Gasteiger partial charge in [-0.25, -0.2) is 0 Å². The third-order valence-corrected chi connectivity index (χ3v) is 4.04. The lowest BCUT2D eigenvalue weighted by molar-refractivity contribution is -0.150. The van der Waals surface area contributed by atoms with Crippen molar-refractivity contribution in [1.29, 1.82) is 0 Å². The molecular formula is C13H24N2O. The molecule has 0 N–H and O–H groups in total.